The van der Waals surface area contributed by atoms with Crippen LogP contribution in [0.2, 0.25) is 0 Å². The number of hydrogen-bond donors (Lipinski definition) is 2. The van der Waals surface area contributed by atoms with Crippen molar-refractivity contribution in [2.45, 2.75) is 25.3 Å². The Morgan fingerprint density at radius 3 is 2.45 bits per heavy atom. The summed E-state index contributed by atoms with van der Waals surface area (Å²) in [6, 6.07) is 18.7. The van der Waals surface area contributed by atoms with E-state index in [-0.39, 0.29) is 6.04 Å². The third-order valence-corrected chi connectivity index (χ3v) is 3.52. The fraction of sp³-hybridized carbons (Fsp3) is 0.294. The lowest BCUT2D eigenvalue weighted by Crippen LogP contribution is -2.28. The maximum atomic E-state index is 5.70. The normalized spacial score (nSPS) is 12.1. The summed E-state index contributed by atoms with van der Waals surface area (Å²) in [6.07, 6.45) is 3.12. The summed E-state index contributed by atoms with van der Waals surface area (Å²) in [6.45, 7) is 0. The molecule has 0 radical (unpaired) electrons. The fourth-order valence-corrected chi connectivity index (χ4v) is 2.44. The molecule has 20 heavy (non-hydrogen) atoms. The van der Waals surface area contributed by atoms with Crippen LogP contribution in [0.5, 0.6) is 5.75 Å². The molecule has 0 aromatic heterocycles. The molecule has 1 unspecified atom stereocenters. The first-order valence-corrected chi connectivity index (χ1v) is 6.98. The molecule has 0 heterocycles. The van der Waals surface area contributed by atoms with Crippen molar-refractivity contribution >= 4 is 0 Å². The summed E-state index contributed by atoms with van der Waals surface area (Å²) in [5, 5.41) is 0. The van der Waals surface area contributed by atoms with Crippen LogP contribution in [0.3, 0.4) is 0 Å². The van der Waals surface area contributed by atoms with Crippen LogP contribution in [0.25, 0.3) is 0 Å². The van der Waals surface area contributed by atoms with Crippen molar-refractivity contribution in [2.75, 3.05) is 7.11 Å². The van der Waals surface area contributed by atoms with Crippen LogP contribution in [-0.4, -0.2) is 7.11 Å². The second-order valence-electron chi connectivity index (χ2n) is 4.84. The van der Waals surface area contributed by atoms with E-state index >= 15 is 0 Å². The first-order valence-electron chi connectivity index (χ1n) is 6.98. The Hall–Kier alpha value is -1.84. The van der Waals surface area contributed by atoms with Crippen molar-refractivity contribution in [1.29, 1.82) is 0 Å². The molecule has 3 N–H and O–H groups in total. The molecule has 3 nitrogen and oxygen atoms in total. The first kappa shape index (κ1) is 14.6. The number of aryl methyl sites for hydroxylation is 1. The molecule has 2 aromatic carbocycles. The van der Waals surface area contributed by atoms with Gasteiger partial charge in [-0.05, 0) is 30.9 Å². The molecule has 2 rings (SSSR count). The van der Waals surface area contributed by atoms with Gasteiger partial charge in [0.15, 0.2) is 0 Å². The average Bonchev–Trinajstić information content (AvgIpc) is 2.53. The van der Waals surface area contributed by atoms with Crippen molar-refractivity contribution in [3.8, 4) is 5.75 Å². The highest BCUT2D eigenvalue weighted by molar-refractivity contribution is 5.35. The van der Waals surface area contributed by atoms with Crippen molar-refractivity contribution in [2.24, 2.45) is 5.84 Å². The molecule has 0 aliphatic rings. The van der Waals surface area contributed by atoms with E-state index in [4.69, 9.17) is 10.6 Å². The second kappa shape index (κ2) is 7.68. The summed E-state index contributed by atoms with van der Waals surface area (Å²) < 4.78 is 5.40. The van der Waals surface area contributed by atoms with Gasteiger partial charge in [-0.15, -0.1) is 0 Å². The number of methoxy groups -OCH3 is 1. The topological polar surface area (TPSA) is 47.3 Å². The average molecular weight is 270 g/mol. The third kappa shape index (κ3) is 3.83. The Morgan fingerprint density at radius 2 is 1.75 bits per heavy atom. The summed E-state index contributed by atoms with van der Waals surface area (Å²) in [5.74, 6) is 6.59. The molecule has 0 fully saturated rings. The summed E-state index contributed by atoms with van der Waals surface area (Å²) >= 11 is 0. The van der Waals surface area contributed by atoms with Crippen molar-refractivity contribution in [3.63, 3.8) is 0 Å². The maximum absolute atomic E-state index is 5.70. The highest BCUT2D eigenvalue weighted by atomic mass is 16.5. The van der Waals surface area contributed by atoms with Crippen molar-refractivity contribution in [3.05, 3.63) is 65.7 Å². The summed E-state index contributed by atoms with van der Waals surface area (Å²) in [4.78, 5) is 0. The van der Waals surface area contributed by atoms with Crippen molar-refractivity contribution in [1.82, 2.24) is 5.43 Å². The largest absolute Gasteiger partial charge is 0.496 e. The molecule has 0 aliphatic heterocycles. The van der Waals surface area contributed by atoms with E-state index in [1.54, 1.807) is 7.11 Å². The lowest BCUT2D eigenvalue weighted by molar-refractivity contribution is 0.394. The van der Waals surface area contributed by atoms with Gasteiger partial charge in [-0.1, -0.05) is 48.5 Å². The zero-order valence-corrected chi connectivity index (χ0v) is 11.9. The second-order valence-corrected chi connectivity index (χ2v) is 4.84. The number of para-hydroxylation sites is 1. The highest BCUT2D eigenvalue weighted by Crippen LogP contribution is 2.27. The zero-order valence-electron chi connectivity index (χ0n) is 11.9. The number of benzene rings is 2. The molecular formula is C17H22N2O. The minimum Gasteiger partial charge on any atom is -0.496 e. The lowest BCUT2D eigenvalue weighted by atomic mass is 9.99. The minimum atomic E-state index is 0.120. The Morgan fingerprint density at radius 1 is 1.05 bits per heavy atom. The van der Waals surface area contributed by atoms with Gasteiger partial charge < -0.3 is 4.74 Å². The van der Waals surface area contributed by atoms with Gasteiger partial charge in [0.25, 0.3) is 0 Å². The molecule has 1 atom stereocenters. The van der Waals surface area contributed by atoms with Crippen LogP contribution in [0, 0.1) is 0 Å². The monoisotopic (exact) mass is 270 g/mol. The van der Waals surface area contributed by atoms with E-state index < -0.39 is 0 Å². The lowest BCUT2D eigenvalue weighted by Gasteiger charge is -2.19. The number of nitrogens with one attached hydrogen (secondary N) is 1. The number of hydrogen-bond acceptors (Lipinski definition) is 3. The SMILES string of the molecule is COc1ccccc1C(CCCc1ccccc1)NN. The number of ether oxygens (including phenoxy) is 1. The van der Waals surface area contributed by atoms with Gasteiger partial charge in [-0.3, -0.25) is 11.3 Å². The standard InChI is InChI=1S/C17H22N2O/c1-20-17-13-6-5-11-15(17)16(19-18)12-7-10-14-8-3-2-4-9-14/h2-6,8-9,11,13,16,19H,7,10,12,18H2,1H3. The third-order valence-electron chi connectivity index (χ3n) is 3.52. The predicted octanol–water partition coefficient (Wildman–Crippen LogP) is 3.22. The number of hydrazine groups is 1. The van der Waals surface area contributed by atoms with Gasteiger partial charge in [-0.2, -0.15) is 0 Å². The molecule has 106 valence electrons. The van der Waals surface area contributed by atoms with E-state index in [0.717, 1.165) is 30.6 Å². The van der Waals surface area contributed by atoms with Crippen LogP contribution in [-0.2, 0) is 6.42 Å². The van der Waals surface area contributed by atoms with Crippen LogP contribution < -0.4 is 16.0 Å². The van der Waals surface area contributed by atoms with Crippen molar-refractivity contribution < 1.29 is 4.74 Å². The quantitative estimate of drug-likeness (QED) is 0.600. The summed E-state index contributed by atoms with van der Waals surface area (Å²) in [7, 11) is 1.69. The van der Waals surface area contributed by atoms with E-state index in [1.807, 2.05) is 24.3 Å². The van der Waals surface area contributed by atoms with Gasteiger partial charge in [0, 0.05) is 11.6 Å². The van der Waals surface area contributed by atoms with Crippen LogP contribution >= 0.6 is 0 Å². The van der Waals surface area contributed by atoms with Gasteiger partial charge in [0.2, 0.25) is 0 Å². The Bertz CT molecular complexity index is 513. The molecule has 0 aliphatic carbocycles. The van der Waals surface area contributed by atoms with Gasteiger partial charge >= 0.3 is 0 Å². The molecule has 0 bridgehead atoms. The van der Waals surface area contributed by atoms with E-state index in [0.29, 0.717) is 0 Å². The van der Waals surface area contributed by atoms with E-state index in [2.05, 4.69) is 35.8 Å². The molecule has 3 heteroatoms. The molecule has 0 amide bonds. The Balaban J connectivity index is 1.95. The first-order chi connectivity index (χ1) is 9.85. The molecule has 0 spiro atoms. The smallest absolute Gasteiger partial charge is 0.123 e. The molecule has 0 saturated carbocycles. The van der Waals surface area contributed by atoms with Crippen LogP contribution in [0.4, 0.5) is 0 Å². The molecular weight excluding hydrogens is 248 g/mol. The Labute approximate surface area is 120 Å². The van der Waals surface area contributed by atoms with E-state index in [9.17, 15) is 0 Å². The summed E-state index contributed by atoms with van der Waals surface area (Å²) in [5.41, 5.74) is 5.38. The molecule has 0 saturated heterocycles. The molecule has 2 aromatic rings. The van der Waals surface area contributed by atoms with Gasteiger partial charge in [0.05, 0.1) is 7.11 Å². The fourth-order valence-electron chi connectivity index (χ4n) is 2.44. The Kier molecular flexibility index (Phi) is 5.59. The van der Waals surface area contributed by atoms with E-state index in [1.165, 1.54) is 5.56 Å². The highest BCUT2D eigenvalue weighted by Gasteiger charge is 2.13. The van der Waals surface area contributed by atoms with Gasteiger partial charge in [0.1, 0.15) is 5.75 Å². The van der Waals surface area contributed by atoms with Crippen LogP contribution in [0.15, 0.2) is 54.6 Å². The van der Waals surface area contributed by atoms with Gasteiger partial charge in [-0.25, -0.2) is 0 Å². The maximum Gasteiger partial charge on any atom is 0.123 e. The number of nitrogens with two attached hydrogens (primary N) is 1. The number of rotatable bonds is 7. The zero-order chi connectivity index (χ0) is 14.2. The predicted molar refractivity (Wildman–Crippen MR) is 82.4 cm³/mol. The van der Waals surface area contributed by atoms with Crippen LogP contribution in [0.1, 0.15) is 30.0 Å². The minimum absolute atomic E-state index is 0.120.